The van der Waals surface area contributed by atoms with E-state index in [0.717, 1.165) is 0 Å². The van der Waals surface area contributed by atoms with Gasteiger partial charge in [0.25, 0.3) is 0 Å². The molecule has 0 saturated heterocycles. The molecule has 2 heterocycles. The second kappa shape index (κ2) is 4.77. The molecule has 0 aliphatic carbocycles. The predicted molar refractivity (Wildman–Crippen MR) is 60.2 cm³/mol. The summed E-state index contributed by atoms with van der Waals surface area (Å²) in [4.78, 5) is 18.8. The number of pyridine rings is 1. The van der Waals surface area contributed by atoms with Crippen LogP contribution in [0, 0.1) is 0 Å². The normalized spacial score (nSPS) is 10.3. The first-order chi connectivity index (χ1) is 7.68. The van der Waals surface area contributed by atoms with E-state index >= 15 is 0 Å². The average molecular weight is 274 g/mol. The quantitative estimate of drug-likeness (QED) is 0.926. The minimum Gasteiger partial charge on any atom is -0.478 e. The Balaban J connectivity index is 2.35. The minimum atomic E-state index is -1.08. The number of halogens is 1. The Morgan fingerprint density at radius 2 is 2.31 bits per heavy atom. The van der Waals surface area contributed by atoms with Crippen LogP contribution in [0.15, 0.2) is 28.0 Å². The van der Waals surface area contributed by atoms with Crippen LogP contribution in [0.2, 0.25) is 5.02 Å². The molecule has 0 atom stereocenters. The minimum absolute atomic E-state index is 0.0312. The second-order valence-electron chi connectivity index (χ2n) is 2.59. The van der Waals surface area contributed by atoms with Crippen molar-refractivity contribution in [3.63, 3.8) is 0 Å². The molecule has 0 aromatic carbocycles. The molecular weight excluding hydrogens is 270 g/mol. The number of hydrogen-bond donors (Lipinski definition) is 1. The van der Waals surface area contributed by atoms with Gasteiger partial charge in [-0.25, -0.2) is 14.8 Å². The van der Waals surface area contributed by atoms with Crippen molar-refractivity contribution < 1.29 is 9.90 Å². The molecule has 82 valence electrons. The first-order valence-electron chi connectivity index (χ1n) is 4.01. The van der Waals surface area contributed by atoms with Crippen molar-refractivity contribution in [3.05, 3.63) is 29.2 Å². The van der Waals surface area contributed by atoms with Crippen LogP contribution in [0.5, 0.6) is 0 Å². The molecule has 0 spiro atoms. The molecule has 0 unspecified atom stereocenters. The number of aromatic carboxylic acids is 1. The number of carboxylic acid groups (broad SMARTS) is 1. The fraction of sp³-hybridized carbons (Fsp3) is 0. The first kappa shape index (κ1) is 11.3. The lowest BCUT2D eigenvalue weighted by atomic mass is 10.3. The van der Waals surface area contributed by atoms with Crippen molar-refractivity contribution in [3.8, 4) is 0 Å². The molecule has 0 fully saturated rings. The number of carbonyl (C=O) groups is 1. The zero-order valence-corrected chi connectivity index (χ0v) is 10.0. The summed E-state index contributed by atoms with van der Waals surface area (Å²) in [5, 5.41) is 9.40. The van der Waals surface area contributed by atoms with E-state index < -0.39 is 5.97 Å². The predicted octanol–water partition coefficient (Wildman–Crippen LogP) is 2.44. The van der Waals surface area contributed by atoms with E-state index in [2.05, 4.69) is 14.3 Å². The Bertz CT molecular complexity index is 518. The van der Waals surface area contributed by atoms with Crippen molar-refractivity contribution in [2.75, 3.05) is 0 Å². The molecule has 2 aromatic heterocycles. The van der Waals surface area contributed by atoms with E-state index in [0.29, 0.717) is 9.37 Å². The molecule has 8 heteroatoms. The second-order valence-corrected chi connectivity index (χ2v) is 4.99. The maximum atomic E-state index is 10.8. The number of nitrogens with zero attached hydrogens (tertiary/aromatic N) is 3. The molecule has 0 aliphatic rings. The van der Waals surface area contributed by atoms with E-state index in [1.165, 1.54) is 41.9 Å². The molecule has 0 radical (unpaired) electrons. The molecule has 16 heavy (non-hydrogen) atoms. The monoisotopic (exact) mass is 273 g/mol. The third-order valence-corrected chi connectivity index (χ3v) is 3.83. The standard InChI is InChI=1S/C8H4ClN3O2S2/c9-5-4(7(13)14)1-2-10-6(5)15-8-11-3-12-16-8/h1-3H,(H,13,14). The Hall–Kier alpha value is -1.18. The van der Waals surface area contributed by atoms with Crippen molar-refractivity contribution in [1.82, 2.24) is 14.3 Å². The molecule has 0 amide bonds. The lowest BCUT2D eigenvalue weighted by Gasteiger charge is -2.02. The molecular formula is C8H4ClN3O2S2. The van der Waals surface area contributed by atoms with Gasteiger partial charge in [-0.2, -0.15) is 4.37 Å². The van der Waals surface area contributed by atoms with Gasteiger partial charge < -0.3 is 5.11 Å². The Labute approximate surface area is 104 Å². The summed E-state index contributed by atoms with van der Waals surface area (Å²) in [5.74, 6) is -1.08. The average Bonchev–Trinajstić information content (AvgIpc) is 2.73. The van der Waals surface area contributed by atoms with Gasteiger partial charge in [-0.3, -0.25) is 0 Å². The van der Waals surface area contributed by atoms with Crippen molar-refractivity contribution >= 4 is 40.9 Å². The van der Waals surface area contributed by atoms with Gasteiger partial charge in [-0.1, -0.05) is 11.6 Å². The Morgan fingerprint density at radius 1 is 1.50 bits per heavy atom. The zero-order chi connectivity index (χ0) is 11.5. The Morgan fingerprint density at radius 3 is 2.94 bits per heavy atom. The molecule has 2 aromatic rings. The van der Waals surface area contributed by atoms with Gasteiger partial charge in [-0.15, -0.1) is 0 Å². The highest BCUT2D eigenvalue weighted by atomic mass is 35.5. The molecule has 0 bridgehead atoms. The zero-order valence-electron chi connectivity index (χ0n) is 7.62. The number of aromatic nitrogens is 3. The largest absolute Gasteiger partial charge is 0.478 e. The first-order valence-corrected chi connectivity index (χ1v) is 5.97. The van der Waals surface area contributed by atoms with E-state index in [1.807, 2.05) is 0 Å². The van der Waals surface area contributed by atoms with Crippen LogP contribution in [0.1, 0.15) is 10.4 Å². The SMILES string of the molecule is O=C(O)c1ccnc(Sc2ncns2)c1Cl. The topological polar surface area (TPSA) is 76.0 Å². The summed E-state index contributed by atoms with van der Waals surface area (Å²) in [6.45, 7) is 0. The van der Waals surface area contributed by atoms with Crippen molar-refractivity contribution in [1.29, 1.82) is 0 Å². The number of hydrogen-bond acceptors (Lipinski definition) is 6. The summed E-state index contributed by atoms with van der Waals surface area (Å²) in [7, 11) is 0. The summed E-state index contributed by atoms with van der Waals surface area (Å²) in [5.41, 5.74) is 0.0312. The van der Waals surface area contributed by atoms with Gasteiger partial charge in [0.2, 0.25) is 0 Å². The molecule has 2 rings (SSSR count). The summed E-state index contributed by atoms with van der Waals surface area (Å²) >= 11 is 8.30. The van der Waals surface area contributed by atoms with Crippen molar-refractivity contribution in [2.24, 2.45) is 0 Å². The molecule has 0 aliphatic heterocycles. The van der Waals surface area contributed by atoms with E-state index in [9.17, 15) is 4.79 Å². The van der Waals surface area contributed by atoms with Crippen LogP contribution in [-0.4, -0.2) is 25.4 Å². The van der Waals surface area contributed by atoms with Crippen LogP contribution < -0.4 is 0 Å². The van der Waals surface area contributed by atoms with E-state index in [-0.39, 0.29) is 10.6 Å². The summed E-state index contributed by atoms with van der Waals surface area (Å²) in [6.07, 6.45) is 2.82. The van der Waals surface area contributed by atoms with Crippen LogP contribution in [0.25, 0.3) is 0 Å². The van der Waals surface area contributed by atoms with Crippen LogP contribution >= 0.6 is 34.9 Å². The van der Waals surface area contributed by atoms with E-state index in [1.54, 1.807) is 0 Å². The smallest absolute Gasteiger partial charge is 0.337 e. The van der Waals surface area contributed by atoms with Gasteiger partial charge >= 0.3 is 5.97 Å². The summed E-state index contributed by atoms with van der Waals surface area (Å²) in [6, 6.07) is 1.36. The summed E-state index contributed by atoms with van der Waals surface area (Å²) < 4.78 is 4.49. The highest BCUT2D eigenvalue weighted by Crippen LogP contribution is 2.33. The number of carboxylic acids is 1. The van der Waals surface area contributed by atoms with Gasteiger partial charge in [0.05, 0.1) is 10.6 Å². The molecule has 5 nitrogen and oxygen atoms in total. The van der Waals surface area contributed by atoms with Crippen molar-refractivity contribution in [2.45, 2.75) is 9.37 Å². The molecule has 0 saturated carbocycles. The fourth-order valence-electron chi connectivity index (χ4n) is 0.951. The van der Waals surface area contributed by atoms with Crippen LogP contribution in [-0.2, 0) is 0 Å². The Kier molecular flexibility index (Phi) is 3.37. The van der Waals surface area contributed by atoms with Crippen LogP contribution in [0.3, 0.4) is 0 Å². The number of rotatable bonds is 3. The van der Waals surface area contributed by atoms with Gasteiger partial charge in [0.15, 0.2) is 4.34 Å². The lowest BCUT2D eigenvalue weighted by Crippen LogP contribution is -1.99. The third kappa shape index (κ3) is 2.31. The molecule has 1 N–H and O–H groups in total. The maximum absolute atomic E-state index is 10.8. The lowest BCUT2D eigenvalue weighted by molar-refractivity contribution is 0.0696. The third-order valence-electron chi connectivity index (χ3n) is 1.61. The van der Waals surface area contributed by atoms with Crippen LogP contribution in [0.4, 0.5) is 0 Å². The van der Waals surface area contributed by atoms with Gasteiger partial charge in [0, 0.05) is 6.20 Å². The van der Waals surface area contributed by atoms with Gasteiger partial charge in [0.1, 0.15) is 11.4 Å². The fourth-order valence-corrected chi connectivity index (χ4v) is 2.63. The van der Waals surface area contributed by atoms with Gasteiger partial charge in [-0.05, 0) is 29.4 Å². The highest BCUT2D eigenvalue weighted by Gasteiger charge is 2.14. The van der Waals surface area contributed by atoms with E-state index in [4.69, 9.17) is 16.7 Å². The maximum Gasteiger partial charge on any atom is 0.337 e. The highest BCUT2D eigenvalue weighted by molar-refractivity contribution is 8.01.